The quantitative estimate of drug-likeness (QED) is 0.583. The molecule has 2 aromatic carbocycles. The molecule has 0 fully saturated rings. The molecule has 23 heavy (non-hydrogen) atoms. The molecule has 3 aromatic rings. The van der Waals surface area contributed by atoms with E-state index in [-0.39, 0.29) is 0 Å². The zero-order valence-electron chi connectivity index (χ0n) is 13.5. The van der Waals surface area contributed by atoms with Gasteiger partial charge < -0.3 is 0 Å². The Bertz CT molecular complexity index is 896. The van der Waals surface area contributed by atoms with Crippen molar-refractivity contribution in [2.24, 2.45) is 0 Å². The number of fused-ring (bicyclic) bond motifs is 1. The Labute approximate surface area is 137 Å². The third kappa shape index (κ3) is 2.88. The molecule has 0 saturated heterocycles. The minimum absolute atomic E-state index is 0.942. The molecule has 114 valence electrons. The minimum atomic E-state index is 0.942. The van der Waals surface area contributed by atoms with Crippen molar-refractivity contribution < 1.29 is 0 Å². The van der Waals surface area contributed by atoms with E-state index >= 15 is 0 Å². The van der Waals surface area contributed by atoms with E-state index in [1.165, 1.54) is 5.56 Å². The summed E-state index contributed by atoms with van der Waals surface area (Å²) in [5, 5.41) is 0. The fourth-order valence-corrected chi connectivity index (χ4v) is 2.69. The number of hydrogen-bond acceptors (Lipinski definition) is 1. The van der Waals surface area contributed by atoms with E-state index in [2.05, 4.69) is 66.6 Å². The van der Waals surface area contributed by atoms with Crippen LogP contribution in [0.3, 0.4) is 0 Å². The fourth-order valence-electron chi connectivity index (χ4n) is 2.69. The van der Waals surface area contributed by atoms with Crippen LogP contribution in [0.15, 0.2) is 79.4 Å². The Balaban J connectivity index is 2.33. The summed E-state index contributed by atoms with van der Waals surface area (Å²) in [5.74, 6) is 0.942. The van der Waals surface area contributed by atoms with Gasteiger partial charge in [0.15, 0.2) is 0 Å². The number of aromatic nitrogens is 2. The van der Waals surface area contributed by atoms with Crippen molar-refractivity contribution in [2.75, 3.05) is 0 Å². The van der Waals surface area contributed by atoms with E-state index in [0.29, 0.717) is 0 Å². The number of hydrogen-bond donors (Lipinski definition) is 0. The molecule has 0 unspecified atom stereocenters. The lowest BCUT2D eigenvalue weighted by atomic mass is 10.2. The second-order valence-electron chi connectivity index (χ2n) is 5.44. The van der Waals surface area contributed by atoms with Crippen LogP contribution in [0.1, 0.15) is 18.3 Å². The Hall–Kier alpha value is -2.87. The van der Waals surface area contributed by atoms with Gasteiger partial charge in [0.25, 0.3) is 0 Å². The first kappa shape index (κ1) is 15.0. The molecule has 0 aliphatic carbocycles. The molecule has 0 spiro atoms. The van der Waals surface area contributed by atoms with E-state index in [4.69, 9.17) is 4.98 Å². The third-order valence-electron chi connectivity index (χ3n) is 3.81. The fraction of sp³-hybridized carbons (Fsp3) is 0.0952. The number of benzene rings is 2. The van der Waals surface area contributed by atoms with Gasteiger partial charge in [0, 0.05) is 11.3 Å². The van der Waals surface area contributed by atoms with Crippen LogP contribution in [0.25, 0.3) is 22.3 Å². The van der Waals surface area contributed by atoms with Crippen LogP contribution in [0.4, 0.5) is 0 Å². The molecule has 2 heteroatoms. The van der Waals surface area contributed by atoms with E-state index in [9.17, 15) is 0 Å². The Morgan fingerprint density at radius 1 is 1.13 bits per heavy atom. The normalized spacial score (nSPS) is 12.2. The number of para-hydroxylation sites is 1. The number of aryl methyl sites for hydroxylation is 1. The maximum absolute atomic E-state index is 4.86. The second kappa shape index (κ2) is 6.49. The summed E-state index contributed by atoms with van der Waals surface area (Å²) in [6, 6.07) is 16.7. The molecule has 2 nitrogen and oxygen atoms in total. The lowest BCUT2D eigenvalue weighted by molar-refractivity contribution is 1.06. The summed E-state index contributed by atoms with van der Waals surface area (Å²) in [6.07, 6.45) is 7.84. The second-order valence-corrected chi connectivity index (χ2v) is 5.44. The van der Waals surface area contributed by atoms with Crippen molar-refractivity contribution in [1.29, 1.82) is 0 Å². The highest BCUT2D eigenvalue weighted by Gasteiger charge is 2.14. The van der Waals surface area contributed by atoms with Crippen LogP contribution >= 0.6 is 0 Å². The first-order chi connectivity index (χ1) is 11.2. The van der Waals surface area contributed by atoms with Gasteiger partial charge in [-0.3, -0.25) is 4.57 Å². The molecule has 3 rings (SSSR count). The van der Waals surface area contributed by atoms with Crippen molar-refractivity contribution in [1.82, 2.24) is 9.55 Å². The lowest BCUT2D eigenvalue weighted by Gasteiger charge is -2.10. The molecule has 1 heterocycles. The van der Waals surface area contributed by atoms with E-state index < -0.39 is 0 Å². The molecule has 0 bridgehead atoms. The smallest absolute Gasteiger partial charge is 0.145 e. The number of nitrogens with zero attached hydrogens (tertiary/aromatic N) is 2. The van der Waals surface area contributed by atoms with Crippen molar-refractivity contribution >= 4 is 16.6 Å². The highest BCUT2D eigenvalue weighted by molar-refractivity contribution is 5.84. The summed E-state index contributed by atoms with van der Waals surface area (Å²) >= 11 is 0. The van der Waals surface area contributed by atoms with Gasteiger partial charge in [-0.25, -0.2) is 4.98 Å². The van der Waals surface area contributed by atoms with E-state index in [1.54, 1.807) is 6.08 Å². The monoisotopic (exact) mass is 300 g/mol. The lowest BCUT2D eigenvalue weighted by Crippen LogP contribution is -2.00. The SMILES string of the molecule is C=C/C=C\C(=C/C)c1nc2ccc(C)cc2n1-c1ccccc1. The maximum Gasteiger partial charge on any atom is 0.145 e. The molecule has 0 amide bonds. The van der Waals surface area contributed by atoms with Gasteiger partial charge in [-0.15, -0.1) is 0 Å². The van der Waals surface area contributed by atoms with Crippen LogP contribution in [0.5, 0.6) is 0 Å². The Morgan fingerprint density at radius 2 is 1.91 bits per heavy atom. The molecule has 0 saturated carbocycles. The van der Waals surface area contributed by atoms with Gasteiger partial charge in [-0.05, 0) is 43.7 Å². The summed E-state index contributed by atoms with van der Waals surface area (Å²) in [5.41, 5.74) is 5.53. The van der Waals surface area contributed by atoms with Crippen LogP contribution in [-0.4, -0.2) is 9.55 Å². The minimum Gasteiger partial charge on any atom is -0.292 e. The van der Waals surface area contributed by atoms with E-state index in [1.807, 2.05) is 25.1 Å². The van der Waals surface area contributed by atoms with Gasteiger partial charge in [-0.1, -0.05) is 55.1 Å². The average Bonchev–Trinajstić information content (AvgIpc) is 2.95. The summed E-state index contributed by atoms with van der Waals surface area (Å²) < 4.78 is 2.21. The van der Waals surface area contributed by atoms with Crippen molar-refractivity contribution in [2.45, 2.75) is 13.8 Å². The van der Waals surface area contributed by atoms with Crippen molar-refractivity contribution in [3.63, 3.8) is 0 Å². The van der Waals surface area contributed by atoms with E-state index in [0.717, 1.165) is 28.1 Å². The Kier molecular flexibility index (Phi) is 4.24. The van der Waals surface area contributed by atoms with Crippen LogP contribution in [0, 0.1) is 6.92 Å². The molecule has 0 aliphatic rings. The maximum atomic E-state index is 4.86. The van der Waals surface area contributed by atoms with Crippen molar-refractivity contribution in [3.05, 3.63) is 90.8 Å². The standard InChI is InChI=1S/C21H20N2/c1-4-6-10-17(5-2)21-22-19-14-13-16(3)15-20(19)23(21)18-11-8-7-9-12-18/h4-15H,1H2,2-3H3/b10-6-,17-5+. The molecule has 0 aliphatic heterocycles. The summed E-state index contributed by atoms with van der Waals surface area (Å²) in [6.45, 7) is 7.89. The highest BCUT2D eigenvalue weighted by atomic mass is 15.1. The molecular formula is C21H20N2. The van der Waals surface area contributed by atoms with Gasteiger partial charge in [0.05, 0.1) is 11.0 Å². The first-order valence-electron chi connectivity index (χ1n) is 7.75. The first-order valence-corrected chi connectivity index (χ1v) is 7.75. The number of allylic oxidation sites excluding steroid dienone is 5. The average molecular weight is 300 g/mol. The Morgan fingerprint density at radius 3 is 2.61 bits per heavy atom. The highest BCUT2D eigenvalue weighted by Crippen LogP contribution is 2.27. The van der Waals surface area contributed by atoms with Gasteiger partial charge in [-0.2, -0.15) is 0 Å². The zero-order chi connectivity index (χ0) is 16.2. The zero-order valence-corrected chi connectivity index (χ0v) is 13.5. The third-order valence-corrected chi connectivity index (χ3v) is 3.81. The summed E-state index contributed by atoms with van der Waals surface area (Å²) in [7, 11) is 0. The molecule has 0 N–H and O–H groups in total. The molecule has 0 atom stereocenters. The van der Waals surface area contributed by atoms with Gasteiger partial charge in [0.2, 0.25) is 0 Å². The molecule has 1 aromatic heterocycles. The van der Waals surface area contributed by atoms with Crippen LogP contribution in [-0.2, 0) is 0 Å². The number of rotatable bonds is 4. The van der Waals surface area contributed by atoms with Gasteiger partial charge in [0.1, 0.15) is 5.82 Å². The molecular weight excluding hydrogens is 280 g/mol. The topological polar surface area (TPSA) is 17.8 Å². The largest absolute Gasteiger partial charge is 0.292 e. The predicted molar refractivity (Wildman–Crippen MR) is 98.8 cm³/mol. The molecule has 0 radical (unpaired) electrons. The van der Waals surface area contributed by atoms with Crippen molar-refractivity contribution in [3.8, 4) is 5.69 Å². The number of imidazole rings is 1. The van der Waals surface area contributed by atoms with Gasteiger partial charge >= 0.3 is 0 Å². The summed E-state index contributed by atoms with van der Waals surface area (Å²) in [4.78, 5) is 4.86. The van der Waals surface area contributed by atoms with Crippen LogP contribution < -0.4 is 0 Å². The predicted octanol–water partition coefficient (Wildman–Crippen LogP) is 5.48. The van der Waals surface area contributed by atoms with Crippen LogP contribution in [0.2, 0.25) is 0 Å².